The number of para-hydroxylation sites is 1. The summed E-state index contributed by atoms with van der Waals surface area (Å²) in [5.41, 5.74) is 1.96. The Balaban J connectivity index is 2.62. The first-order valence-corrected chi connectivity index (χ1v) is 5.57. The van der Waals surface area contributed by atoms with E-state index < -0.39 is 0 Å². The number of imidazole rings is 1. The lowest BCUT2D eigenvalue weighted by Crippen LogP contribution is -2.17. The molecule has 0 aliphatic heterocycles. The van der Waals surface area contributed by atoms with Crippen LogP contribution in [0.25, 0.3) is 11.0 Å². The van der Waals surface area contributed by atoms with Gasteiger partial charge in [-0.2, -0.15) is 0 Å². The van der Waals surface area contributed by atoms with Crippen LogP contribution in [0, 0.1) is 0 Å². The Morgan fingerprint density at radius 3 is 2.73 bits per heavy atom. The molecule has 0 saturated carbocycles. The summed E-state index contributed by atoms with van der Waals surface area (Å²) in [5.74, 6) is 1.01. The van der Waals surface area contributed by atoms with Crippen molar-refractivity contribution in [2.24, 2.45) is 0 Å². The van der Waals surface area contributed by atoms with Gasteiger partial charge in [0.05, 0.1) is 10.5 Å². The fourth-order valence-electron chi connectivity index (χ4n) is 1.49. The van der Waals surface area contributed by atoms with Gasteiger partial charge in [-0.3, -0.25) is 0 Å². The van der Waals surface area contributed by atoms with Gasteiger partial charge in [-0.25, -0.2) is 4.98 Å². The summed E-state index contributed by atoms with van der Waals surface area (Å²) >= 11 is 6.08. The van der Waals surface area contributed by atoms with E-state index >= 15 is 0 Å². The second kappa shape index (κ2) is 3.53. The third-order valence-electron chi connectivity index (χ3n) is 2.99. The predicted molar refractivity (Wildman–Crippen MR) is 64.4 cm³/mol. The molecule has 0 aliphatic rings. The van der Waals surface area contributed by atoms with E-state index in [2.05, 4.69) is 30.7 Å². The first kappa shape index (κ1) is 10.5. The Morgan fingerprint density at radius 2 is 2.13 bits per heavy atom. The summed E-state index contributed by atoms with van der Waals surface area (Å²) in [5, 5.41) is 0.710. The largest absolute Gasteiger partial charge is 0.341 e. The molecule has 1 heterocycles. The first-order chi connectivity index (χ1) is 7.04. The Morgan fingerprint density at radius 1 is 1.40 bits per heavy atom. The van der Waals surface area contributed by atoms with Crippen LogP contribution in [0.1, 0.15) is 33.0 Å². The molecule has 0 unspecified atom stereocenters. The van der Waals surface area contributed by atoms with E-state index in [1.807, 2.05) is 18.2 Å². The first-order valence-electron chi connectivity index (χ1n) is 5.19. The number of hydrogen-bond acceptors (Lipinski definition) is 1. The SMILES string of the molecule is CCC(C)(C)c1nc2c(Cl)cccc2[nH]1. The van der Waals surface area contributed by atoms with Gasteiger partial charge < -0.3 is 4.98 Å². The van der Waals surface area contributed by atoms with Crippen molar-refractivity contribution in [3.05, 3.63) is 29.0 Å². The average Bonchev–Trinajstić information content (AvgIpc) is 2.64. The number of rotatable bonds is 2. The van der Waals surface area contributed by atoms with Crippen molar-refractivity contribution >= 4 is 22.6 Å². The molecule has 2 aromatic rings. The highest BCUT2D eigenvalue weighted by molar-refractivity contribution is 6.34. The average molecular weight is 223 g/mol. The van der Waals surface area contributed by atoms with Gasteiger partial charge in [0, 0.05) is 5.41 Å². The molecule has 1 N–H and O–H groups in total. The second-order valence-corrected chi connectivity index (χ2v) is 4.87. The molecule has 15 heavy (non-hydrogen) atoms. The molecule has 0 atom stereocenters. The fraction of sp³-hybridized carbons (Fsp3) is 0.417. The summed E-state index contributed by atoms with van der Waals surface area (Å²) in [6, 6.07) is 5.81. The third-order valence-corrected chi connectivity index (χ3v) is 3.29. The number of fused-ring (bicyclic) bond motifs is 1. The van der Waals surface area contributed by atoms with Gasteiger partial charge in [0.15, 0.2) is 0 Å². The van der Waals surface area contributed by atoms with Crippen molar-refractivity contribution < 1.29 is 0 Å². The third kappa shape index (κ3) is 1.74. The topological polar surface area (TPSA) is 28.7 Å². The van der Waals surface area contributed by atoms with Gasteiger partial charge in [-0.05, 0) is 18.6 Å². The maximum atomic E-state index is 6.08. The molecule has 1 aromatic carbocycles. The highest BCUT2D eigenvalue weighted by Crippen LogP contribution is 2.28. The van der Waals surface area contributed by atoms with E-state index in [0.717, 1.165) is 23.3 Å². The fourth-order valence-corrected chi connectivity index (χ4v) is 1.70. The van der Waals surface area contributed by atoms with Crippen molar-refractivity contribution in [2.75, 3.05) is 0 Å². The normalized spacial score (nSPS) is 12.3. The van der Waals surface area contributed by atoms with E-state index in [-0.39, 0.29) is 5.41 Å². The number of H-pyrrole nitrogens is 1. The molecule has 1 aromatic heterocycles. The summed E-state index contributed by atoms with van der Waals surface area (Å²) < 4.78 is 0. The van der Waals surface area contributed by atoms with Gasteiger partial charge in [0.2, 0.25) is 0 Å². The number of halogens is 1. The van der Waals surface area contributed by atoms with Crippen molar-refractivity contribution in [1.82, 2.24) is 9.97 Å². The van der Waals surface area contributed by atoms with Crippen LogP contribution in [0.3, 0.4) is 0 Å². The number of nitrogens with one attached hydrogen (secondary N) is 1. The van der Waals surface area contributed by atoms with E-state index in [0.29, 0.717) is 5.02 Å². The zero-order valence-corrected chi connectivity index (χ0v) is 10.0. The second-order valence-electron chi connectivity index (χ2n) is 4.46. The Labute approximate surface area is 94.7 Å². The molecule has 0 bridgehead atoms. The minimum Gasteiger partial charge on any atom is -0.341 e. The molecule has 2 rings (SSSR count). The maximum Gasteiger partial charge on any atom is 0.112 e. The molecule has 0 amide bonds. The van der Waals surface area contributed by atoms with E-state index in [9.17, 15) is 0 Å². The lowest BCUT2D eigenvalue weighted by atomic mass is 9.90. The zero-order chi connectivity index (χ0) is 11.1. The van der Waals surface area contributed by atoms with Gasteiger partial charge >= 0.3 is 0 Å². The molecule has 3 heteroatoms. The molecule has 80 valence electrons. The number of hydrogen-bond donors (Lipinski definition) is 1. The number of nitrogens with zero attached hydrogens (tertiary/aromatic N) is 1. The van der Waals surface area contributed by atoms with Crippen LogP contribution in [-0.4, -0.2) is 9.97 Å². The van der Waals surface area contributed by atoms with E-state index in [1.54, 1.807) is 0 Å². The van der Waals surface area contributed by atoms with Crippen molar-refractivity contribution in [3.8, 4) is 0 Å². The Kier molecular flexibility index (Phi) is 2.47. The van der Waals surface area contributed by atoms with Crippen LogP contribution in [-0.2, 0) is 5.41 Å². The minimum absolute atomic E-state index is 0.0718. The molecule has 0 saturated heterocycles. The van der Waals surface area contributed by atoms with Gasteiger partial charge in [0.25, 0.3) is 0 Å². The Hall–Kier alpha value is -1.02. The zero-order valence-electron chi connectivity index (χ0n) is 9.26. The van der Waals surface area contributed by atoms with Crippen LogP contribution in [0.4, 0.5) is 0 Å². The van der Waals surface area contributed by atoms with Crippen LogP contribution in [0.15, 0.2) is 18.2 Å². The number of benzene rings is 1. The van der Waals surface area contributed by atoms with E-state index in [1.165, 1.54) is 0 Å². The van der Waals surface area contributed by atoms with Crippen LogP contribution < -0.4 is 0 Å². The van der Waals surface area contributed by atoms with Gasteiger partial charge in [-0.15, -0.1) is 0 Å². The Bertz CT molecular complexity index is 485. The predicted octanol–water partition coefficient (Wildman–Crippen LogP) is 3.90. The molecular formula is C12H15ClN2. The molecule has 2 nitrogen and oxygen atoms in total. The quantitative estimate of drug-likeness (QED) is 0.820. The van der Waals surface area contributed by atoms with Gasteiger partial charge in [0.1, 0.15) is 11.3 Å². The van der Waals surface area contributed by atoms with Crippen molar-refractivity contribution in [2.45, 2.75) is 32.6 Å². The maximum absolute atomic E-state index is 6.08. The van der Waals surface area contributed by atoms with Crippen LogP contribution in [0.2, 0.25) is 5.02 Å². The summed E-state index contributed by atoms with van der Waals surface area (Å²) in [6.07, 6.45) is 1.05. The van der Waals surface area contributed by atoms with Crippen molar-refractivity contribution in [1.29, 1.82) is 0 Å². The summed E-state index contributed by atoms with van der Waals surface area (Å²) in [4.78, 5) is 7.90. The summed E-state index contributed by atoms with van der Waals surface area (Å²) in [7, 11) is 0. The summed E-state index contributed by atoms with van der Waals surface area (Å²) in [6.45, 7) is 6.52. The van der Waals surface area contributed by atoms with E-state index in [4.69, 9.17) is 11.6 Å². The lowest BCUT2D eigenvalue weighted by Gasteiger charge is -2.18. The van der Waals surface area contributed by atoms with Crippen LogP contribution in [0.5, 0.6) is 0 Å². The highest BCUT2D eigenvalue weighted by Gasteiger charge is 2.22. The molecular weight excluding hydrogens is 208 g/mol. The minimum atomic E-state index is 0.0718. The molecule has 0 aliphatic carbocycles. The highest BCUT2D eigenvalue weighted by atomic mass is 35.5. The smallest absolute Gasteiger partial charge is 0.112 e. The lowest BCUT2D eigenvalue weighted by molar-refractivity contribution is 0.479. The monoisotopic (exact) mass is 222 g/mol. The molecule has 0 spiro atoms. The molecule has 0 radical (unpaired) electrons. The van der Waals surface area contributed by atoms with Gasteiger partial charge in [-0.1, -0.05) is 38.4 Å². The number of aromatic amines is 1. The standard InChI is InChI=1S/C12H15ClN2/c1-4-12(2,3)11-14-9-7-5-6-8(13)10(9)15-11/h5-7H,4H2,1-3H3,(H,14,15). The number of aromatic nitrogens is 2. The molecule has 0 fully saturated rings. The van der Waals surface area contributed by atoms with Crippen molar-refractivity contribution in [3.63, 3.8) is 0 Å². The van der Waals surface area contributed by atoms with Crippen LogP contribution >= 0.6 is 11.6 Å².